The van der Waals surface area contributed by atoms with Gasteiger partial charge in [-0.15, -0.1) is 0 Å². The fraction of sp³-hybridized carbons (Fsp3) is 0.900. The molecule has 3 N–H and O–H groups in total. The highest BCUT2D eigenvalue weighted by Gasteiger charge is 2.19. The van der Waals surface area contributed by atoms with E-state index in [0.29, 0.717) is 6.04 Å². The van der Waals surface area contributed by atoms with E-state index in [0.717, 1.165) is 13.0 Å². The minimum Gasteiger partial charge on any atom is -0.480 e. The van der Waals surface area contributed by atoms with Crippen molar-refractivity contribution in [2.24, 2.45) is 0 Å². The molecule has 0 radical (unpaired) electrons. The van der Waals surface area contributed by atoms with E-state index in [1.54, 1.807) is 6.92 Å². The fourth-order valence-electron chi connectivity index (χ4n) is 1.95. The zero-order valence-electron chi connectivity index (χ0n) is 8.92. The maximum Gasteiger partial charge on any atom is 0.320 e. The standard InChI is InChI=1S/C10H20N2O2/c1-7(12-8(2)10(13)14)6-9-4-3-5-11-9/h7-9,11-12H,3-6H2,1-2H3,(H,13,14). The van der Waals surface area contributed by atoms with Crippen molar-refractivity contribution in [3.8, 4) is 0 Å². The van der Waals surface area contributed by atoms with Crippen LogP contribution in [-0.4, -0.2) is 35.7 Å². The molecule has 0 aromatic carbocycles. The summed E-state index contributed by atoms with van der Waals surface area (Å²) in [6, 6.07) is 0.376. The molecule has 0 aromatic rings. The van der Waals surface area contributed by atoms with Crippen LogP contribution in [0.2, 0.25) is 0 Å². The number of carboxylic acids is 1. The van der Waals surface area contributed by atoms with Crippen molar-refractivity contribution in [2.75, 3.05) is 6.54 Å². The van der Waals surface area contributed by atoms with Gasteiger partial charge in [-0.05, 0) is 39.7 Å². The van der Waals surface area contributed by atoms with Crippen LogP contribution < -0.4 is 10.6 Å². The summed E-state index contributed by atoms with van der Waals surface area (Å²) >= 11 is 0. The number of hydrogen-bond donors (Lipinski definition) is 3. The molecule has 0 aliphatic carbocycles. The molecule has 1 fully saturated rings. The Labute approximate surface area is 85.1 Å². The van der Waals surface area contributed by atoms with E-state index in [1.165, 1.54) is 12.8 Å². The second-order valence-electron chi connectivity index (χ2n) is 4.16. The number of nitrogens with one attached hydrogen (secondary N) is 2. The smallest absolute Gasteiger partial charge is 0.320 e. The molecule has 1 aliphatic heterocycles. The highest BCUT2D eigenvalue weighted by Crippen LogP contribution is 2.10. The largest absolute Gasteiger partial charge is 0.480 e. The quantitative estimate of drug-likeness (QED) is 0.607. The minimum absolute atomic E-state index is 0.261. The third-order valence-electron chi connectivity index (χ3n) is 2.71. The van der Waals surface area contributed by atoms with Crippen LogP contribution in [0.4, 0.5) is 0 Å². The molecule has 0 aromatic heterocycles. The van der Waals surface area contributed by atoms with E-state index in [1.807, 2.05) is 6.92 Å². The lowest BCUT2D eigenvalue weighted by Crippen LogP contribution is -2.42. The topological polar surface area (TPSA) is 61.4 Å². The van der Waals surface area contributed by atoms with Crippen LogP contribution in [0.1, 0.15) is 33.1 Å². The van der Waals surface area contributed by atoms with Gasteiger partial charge in [0.2, 0.25) is 0 Å². The molecule has 0 bridgehead atoms. The lowest BCUT2D eigenvalue weighted by Gasteiger charge is -2.20. The third kappa shape index (κ3) is 3.64. The number of carboxylic acid groups (broad SMARTS) is 1. The van der Waals surface area contributed by atoms with Gasteiger partial charge in [-0.25, -0.2) is 0 Å². The Kier molecular flexibility index (Phi) is 4.35. The van der Waals surface area contributed by atoms with Gasteiger partial charge in [0.05, 0.1) is 0 Å². The van der Waals surface area contributed by atoms with Crippen LogP contribution in [0.5, 0.6) is 0 Å². The Morgan fingerprint density at radius 3 is 2.86 bits per heavy atom. The molecule has 0 spiro atoms. The maximum atomic E-state index is 10.6. The summed E-state index contributed by atoms with van der Waals surface area (Å²) in [5, 5.41) is 15.2. The van der Waals surface area contributed by atoms with Gasteiger partial charge in [-0.2, -0.15) is 0 Å². The van der Waals surface area contributed by atoms with E-state index < -0.39 is 12.0 Å². The molecule has 3 atom stereocenters. The first kappa shape index (κ1) is 11.5. The summed E-state index contributed by atoms with van der Waals surface area (Å²) in [5.41, 5.74) is 0. The normalized spacial score (nSPS) is 26.0. The van der Waals surface area contributed by atoms with Gasteiger partial charge < -0.3 is 15.7 Å². The number of carbonyl (C=O) groups is 1. The van der Waals surface area contributed by atoms with Gasteiger partial charge in [0.15, 0.2) is 0 Å². The molecular formula is C10H20N2O2. The Balaban J connectivity index is 2.20. The number of rotatable bonds is 5. The molecular weight excluding hydrogens is 180 g/mol. The van der Waals surface area contributed by atoms with Crippen LogP contribution in [0.15, 0.2) is 0 Å². The van der Waals surface area contributed by atoms with E-state index in [4.69, 9.17) is 5.11 Å². The third-order valence-corrected chi connectivity index (χ3v) is 2.71. The van der Waals surface area contributed by atoms with Gasteiger partial charge in [-0.3, -0.25) is 4.79 Å². The van der Waals surface area contributed by atoms with Crippen LogP contribution >= 0.6 is 0 Å². The molecule has 4 heteroatoms. The summed E-state index contributed by atoms with van der Waals surface area (Å²) < 4.78 is 0. The predicted octanol–water partition coefficient (Wildman–Crippen LogP) is 0.580. The summed E-state index contributed by atoms with van der Waals surface area (Å²) in [6.07, 6.45) is 3.47. The molecule has 82 valence electrons. The van der Waals surface area contributed by atoms with E-state index in [-0.39, 0.29) is 6.04 Å². The molecule has 1 rings (SSSR count). The molecule has 3 unspecified atom stereocenters. The first-order valence-electron chi connectivity index (χ1n) is 5.32. The second kappa shape index (κ2) is 5.32. The highest BCUT2D eigenvalue weighted by atomic mass is 16.4. The van der Waals surface area contributed by atoms with Gasteiger partial charge in [0.25, 0.3) is 0 Å². The van der Waals surface area contributed by atoms with Crippen molar-refractivity contribution in [3.05, 3.63) is 0 Å². The minimum atomic E-state index is -0.781. The van der Waals surface area contributed by atoms with Crippen molar-refractivity contribution < 1.29 is 9.90 Å². The summed E-state index contributed by atoms with van der Waals surface area (Å²) in [7, 11) is 0. The first-order chi connectivity index (χ1) is 6.59. The van der Waals surface area contributed by atoms with Crippen molar-refractivity contribution >= 4 is 5.97 Å². The average molecular weight is 200 g/mol. The Morgan fingerprint density at radius 1 is 1.64 bits per heavy atom. The Bertz CT molecular complexity index is 191. The van der Waals surface area contributed by atoms with Crippen molar-refractivity contribution in [1.29, 1.82) is 0 Å². The van der Waals surface area contributed by atoms with Gasteiger partial charge in [-0.1, -0.05) is 0 Å². The molecule has 4 nitrogen and oxygen atoms in total. The Hall–Kier alpha value is -0.610. The summed E-state index contributed by atoms with van der Waals surface area (Å²) in [6.45, 7) is 4.83. The van der Waals surface area contributed by atoms with Gasteiger partial charge in [0.1, 0.15) is 6.04 Å². The molecule has 14 heavy (non-hydrogen) atoms. The molecule has 0 amide bonds. The molecule has 1 aliphatic rings. The summed E-state index contributed by atoms with van der Waals surface area (Å²) in [5.74, 6) is -0.781. The lowest BCUT2D eigenvalue weighted by molar-refractivity contribution is -0.139. The van der Waals surface area contributed by atoms with Crippen molar-refractivity contribution in [2.45, 2.75) is 51.2 Å². The van der Waals surface area contributed by atoms with Gasteiger partial charge >= 0.3 is 5.97 Å². The number of hydrogen-bond acceptors (Lipinski definition) is 3. The monoisotopic (exact) mass is 200 g/mol. The van der Waals surface area contributed by atoms with E-state index >= 15 is 0 Å². The highest BCUT2D eigenvalue weighted by molar-refractivity contribution is 5.72. The molecule has 1 saturated heterocycles. The maximum absolute atomic E-state index is 10.6. The average Bonchev–Trinajstić information content (AvgIpc) is 2.56. The van der Waals surface area contributed by atoms with E-state index in [2.05, 4.69) is 10.6 Å². The van der Waals surface area contributed by atoms with E-state index in [9.17, 15) is 4.79 Å². The van der Waals surface area contributed by atoms with Crippen LogP contribution in [0.3, 0.4) is 0 Å². The van der Waals surface area contributed by atoms with Gasteiger partial charge in [0, 0.05) is 12.1 Å². The predicted molar refractivity (Wildman–Crippen MR) is 55.3 cm³/mol. The van der Waals surface area contributed by atoms with Crippen LogP contribution in [-0.2, 0) is 4.79 Å². The fourth-order valence-corrected chi connectivity index (χ4v) is 1.95. The first-order valence-corrected chi connectivity index (χ1v) is 5.32. The Morgan fingerprint density at radius 2 is 2.36 bits per heavy atom. The lowest BCUT2D eigenvalue weighted by atomic mass is 10.1. The zero-order chi connectivity index (χ0) is 10.6. The summed E-state index contributed by atoms with van der Waals surface area (Å²) in [4.78, 5) is 10.6. The van der Waals surface area contributed by atoms with Crippen molar-refractivity contribution in [3.63, 3.8) is 0 Å². The van der Waals surface area contributed by atoms with Crippen LogP contribution in [0.25, 0.3) is 0 Å². The number of aliphatic carboxylic acids is 1. The zero-order valence-corrected chi connectivity index (χ0v) is 8.92. The second-order valence-corrected chi connectivity index (χ2v) is 4.16. The molecule has 1 heterocycles. The molecule has 0 saturated carbocycles. The van der Waals surface area contributed by atoms with Crippen molar-refractivity contribution in [1.82, 2.24) is 10.6 Å². The SMILES string of the molecule is CC(CC1CCCN1)NC(C)C(=O)O. The van der Waals surface area contributed by atoms with Crippen LogP contribution in [0, 0.1) is 0 Å².